The Morgan fingerprint density at radius 2 is 1.96 bits per heavy atom. The molecule has 4 N–H and O–H groups in total. The van der Waals surface area contributed by atoms with Crippen molar-refractivity contribution in [3.05, 3.63) is 53.4 Å². The van der Waals surface area contributed by atoms with Crippen LogP contribution in [-0.4, -0.2) is 29.0 Å². The molecule has 23 heavy (non-hydrogen) atoms. The molecule has 0 aliphatic rings. The number of nitrogens with one attached hydrogen (secondary N) is 1. The minimum Gasteiger partial charge on any atom is -0.390 e. The van der Waals surface area contributed by atoms with Crippen LogP contribution < -0.4 is 11.1 Å². The quantitative estimate of drug-likeness (QED) is 0.670. The minimum absolute atomic E-state index is 0. The van der Waals surface area contributed by atoms with E-state index < -0.39 is 6.10 Å². The highest BCUT2D eigenvalue weighted by Gasteiger charge is 2.15. The summed E-state index contributed by atoms with van der Waals surface area (Å²) in [5.41, 5.74) is 8.10. The van der Waals surface area contributed by atoms with Gasteiger partial charge in [0.05, 0.1) is 18.3 Å². The van der Waals surface area contributed by atoms with Gasteiger partial charge < -0.3 is 20.7 Å². The van der Waals surface area contributed by atoms with Crippen LogP contribution in [0.2, 0.25) is 0 Å². The van der Waals surface area contributed by atoms with E-state index in [-0.39, 0.29) is 30.9 Å². The molecule has 2 atom stereocenters. The predicted octanol–water partition coefficient (Wildman–Crippen LogP) is 2.10. The van der Waals surface area contributed by atoms with Gasteiger partial charge in [-0.05, 0) is 18.4 Å². The van der Waals surface area contributed by atoms with Gasteiger partial charge in [0.25, 0.3) is 0 Å². The highest BCUT2D eigenvalue weighted by Crippen LogP contribution is 2.06. The molecule has 130 valence electrons. The molecule has 1 aromatic carbocycles. The lowest BCUT2D eigenvalue weighted by Gasteiger charge is -2.19. The van der Waals surface area contributed by atoms with E-state index >= 15 is 0 Å². The van der Waals surface area contributed by atoms with Crippen LogP contribution in [-0.2, 0) is 19.4 Å². The molecule has 2 rings (SSSR count). The number of rotatable bonds is 8. The van der Waals surface area contributed by atoms with Gasteiger partial charge in [-0.15, -0.1) is 24.8 Å². The normalized spacial score (nSPS) is 12.8. The summed E-state index contributed by atoms with van der Waals surface area (Å²) in [4.78, 5) is 0. The maximum absolute atomic E-state index is 10.1. The number of aliphatic hydroxyl groups excluding tert-OH is 1. The minimum atomic E-state index is -0.598. The van der Waals surface area contributed by atoms with Gasteiger partial charge in [-0.25, -0.2) is 0 Å². The fourth-order valence-electron chi connectivity index (χ4n) is 2.12. The van der Waals surface area contributed by atoms with Crippen LogP contribution in [0.5, 0.6) is 0 Å². The van der Waals surface area contributed by atoms with Crippen molar-refractivity contribution >= 4 is 24.8 Å². The first kappa shape index (κ1) is 21.9. The zero-order valence-corrected chi connectivity index (χ0v) is 14.8. The Morgan fingerprint density at radius 3 is 2.57 bits per heavy atom. The van der Waals surface area contributed by atoms with E-state index in [4.69, 9.17) is 10.3 Å². The summed E-state index contributed by atoms with van der Waals surface area (Å²) in [6.07, 6.45) is 0.916. The van der Waals surface area contributed by atoms with Crippen molar-refractivity contribution in [2.45, 2.75) is 38.5 Å². The summed E-state index contributed by atoms with van der Waals surface area (Å²) in [5, 5.41) is 17.1. The van der Waals surface area contributed by atoms with Crippen LogP contribution >= 0.6 is 24.8 Å². The van der Waals surface area contributed by atoms with E-state index in [1.54, 1.807) is 0 Å². The van der Waals surface area contributed by atoms with Crippen LogP contribution in [0.15, 0.2) is 40.9 Å². The maximum Gasteiger partial charge on any atom is 0.150 e. The third kappa shape index (κ3) is 7.33. The second kappa shape index (κ2) is 11.4. The van der Waals surface area contributed by atoms with Gasteiger partial charge in [-0.3, -0.25) is 0 Å². The molecule has 0 aliphatic heterocycles. The second-order valence-corrected chi connectivity index (χ2v) is 5.19. The summed E-state index contributed by atoms with van der Waals surface area (Å²) in [6.45, 7) is 3.00. The molecule has 2 aromatic rings. The average Bonchev–Trinajstić information content (AvgIpc) is 2.96. The number of halogens is 2. The maximum atomic E-state index is 10.1. The Balaban J connectivity index is 0.00000242. The monoisotopic (exact) mass is 361 g/mol. The van der Waals surface area contributed by atoms with Gasteiger partial charge in [0.15, 0.2) is 5.76 Å². The molecule has 0 fully saturated rings. The standard InChI is InChI=1S/C16H23N3O2.2ClH/c1-2-13-9-14(21-19-13)10-18-11-16(20)15(17)8-12-6-4-3-5-7-12;;/h3-7,9,15-16,18,20H,2,8,10-11,17H2,1H3;2*1H/t15-,16+;;/m0../s1. The van der Waals surface area contributed by atoms with Gasteiger partial charge in [0, 0.05) is 18.7 Å². The first-order valence-electron chi connectivity index (χ1n) is 7.31. The third-order valence-corrected chi connectivity index (χ3v) is 3.43. The predicted molar refractivity (Wildman–Crippen MR) is 96.2 cm³/mol. The Bertz CT molecular complexity index is 537. The SMILES string of the molecule is CCc1cc(CNC[C@@H](O)[C@@H](N)Cc2ccccc2)on1.Cl.Cl. The average molecular weight is 362 g/mol. The molecule has 1 heterocycles. The molecular weight excluding hydrogens is 337 g/mol. The summed E-state index contributed by atoms with van der Waals surface area (Å²) >= 11 is 0. The van der Waals surface area contributed by atoms with Crippen molar-refractivity contribution in [2.75, 3.05) is 6.54 Å². The molecule has 0 saturated heterocycles. The van der Waals surface area contributed by atoms with Gasteiger partial charge in [0.2, 0.25) is 0 Å². The zero-order chi connectivity index (χ0) is 15.1. The van der Waals surface area contributed by atoms with E-state index in [0.29, 0.717) is 19.5 Å². The smallest absolute Gasteiger partial charge is 0.150 e. The number of aromatic nitrogens is 1. The molecule has 0 saturated carbocycles. The third-order valence-electron chi connectivity index (χ3n) is 3.43. The van der Waals surface area contributed by atoms with E-state index in [1.807, 2.05) is 43.3 Å². The Hall–Kier alpha value is -1.11. The van der Waals surface area contributed by atoms with Crippen LogP contribution in [0, 0.1) is 0 Å². The molecule has 1 aromatic heterocycles. The Kier molecular flexibility index (Phi) is 10.9. The highest BCUT2D eigenvalue weighted by atomic mass is 35.5. The summed E-state index contributed by atoms with van der Waals surface area (Å²) < 4.78 is 5.17. The van der Waals surface area contributed by atoms with Crippen molar-refractivity contribution in [1.82, 2.24) is 10.5 Å². The molecular formula is C16H25Cl2N3O2. The number of benzene rings is 1. The zero-order valence-electron chi connectivity index (χ0n) is 13.1. The first-order chi connectivity index (χ1) is 10.2. The van der Waals surface area contributed by atoms with Gasteiger partial charge in [-0.2, -0.15) is 0 Å². The number of nitrogens with zero attached hydrogens (tertiary/aromatic N) is 1. The number of hydrogen-bond acceptors (Lipinski definition) is 5. The van der Waals surface area contributed by atoms with E-state index in [0.717, 1.165) is 23.4 Å². The Morgan fingerprint density at radius 1 is 1.26 bits per heavy atom. The van der Waals surface area contributed by atoms with E-state index in [2.05, 4.69) is 10.5 Å². The van der Waals surface area contributed by atoms with Gasteiger partial charge in [0.1, 0.15) is 0 Å². The molecule has 0 spiro atoms. The summed E-state index contributed by atoms with van der Waals surface area (Å²) in [7, 11) is 0. The van der Waals surface area contributed by atoms with Crippen molar-refractivity contribution < 1.29 is 9.63 Å². The van der Waals surface area contributed by atoms with Crippen molar-refractivity contribution in [1.29, 1.82) is 0 Å². The molecule has 0 aliphatic carbocycles. The fraction of sp³-hybridized carbons (Fsp3) is 0.438. The van der Waals surface area contributed by atoms with Gasteiger partial charge in [-0.1, -0.05) is 42.4 Å². The van der Waals surface area contributed by atoms with Gasteiger partial charge >= 0.3 is 0 Å². The molecule has 0 bridgehead atoms. The number of hydrogen-bond donors (Lipinski definition) is 3. The summed E-state index contributed by atoms with van der Waals surface area (Å²) in [6, 6.07) is 11.6. The lowest BCUT2D eigenvalue weighted by atomic mass is 10.0. The van der Waals surface area contributed by atoms with Crippen molar-refractivity contribution in [3.8, 4) is 0 Å². The lowest BCUT2D eigenvalue weighted by molar-refractivity contribution is 0.140. The molecule has 7 heteroatoms. The van der Waals surface area contributed by atoms with Crippen LogP contribution in [0.25, 0.3) is 0 Å². The Labute approximate surface area is 149 Å². The highest BCUT2D eigenvalue weighted by molar-refractivity contribution is 5.85. The van der Waals surface area contributed by atoms with Crippen LogP contribution in [0.1, 0.15) is 23.9 Å². The number of aliphatic hydroxyl groups is 1. The number of nitrogens with two attached hydrogens (primary N) is 1. The van der Waals surface area contributed by atoms with E-state index in [1.165, 1.54) is 0 Å². The molecule has 0 unspecified atom stereocenters. The van der Waals surface area contributed by atoms with E-state index in [9.17, 15) is 5.11 Å². The molecule has 0 radical (unpaired) electrons. The fourth-order valence-corrected chi connectivity index (χ4v) is 2.12. The second-order valence-electron chi connectivity index (χ2n) is 5.19. The summed E-state index contributed by atoms with van der Waals surface area (Å²) in [5.74, 6) is 0.774. The van der Waals surface area contributed by atoms with Crippen molar-refractivity contribution in [2.24, 2.45) is 5.73 Å². The lowest BCUT2D eigenvalue weighted by Crippen LogP contribution is -2.42. The van der Waals surface area contributed by atoms with Crippen LogP contribution in [0.3, 0.4) is 0 Å². The topological polar surface area (TPSA) is 84.3 Å². The number of aryl methyl sites for hydroxylation is 1. The first-order valence-corrected chi connectivity index (χ1v) is 7.31. The largest absolute Gasteiger partial charge is 0.390 e. The van der Waals surface area contributed by atoms with Crippen molar-refractivity contribution in [3.63, 3.8) is 0 Å². The molecule has 0 amide bonds. The molecule has 5 nitrogen and oxygen atoms in total. The van der Waals surface area contributed by atoms with Crippen LogP contribution in [0.4, 0.5) is 0 Å².